The molecule has 2 aromatic rings. The van der Waals surface area contributed by atoms with E-state index in [1.54, 1.807) is 12.1 Å². The van der Waals surface area contributed by atoms with Crippen molar-refractivity contribution in [1.82, 2.24) is 4.90 Å². The maximum absolute atomic E-state index is 12.0. The maximum Gasteiger partial charge on any atom is 0.408 e. The molecule has 0 bridgehead atoms. The van der Waals surface area contributed by atoms with E-state index in [-0.39, 0.29) is 17.2 Å². The fraction of sp³-hybridized carbons (Fsp3) is 0.263. The zero-order chi connectivity index (χ0) is 20.5. The Balaban J connectivity index is 2.22. The maximum atomic E-state index is 12.0. The van der Waals surface area contributed by atoms with Crippen molar-refractivity contribution < 1.29 is 33.0 Å². The lowest BCUT2D eigenvalue weighted by Crippen LogP contribution is -2.40. The zero-order valence-electron chi connectivity index (χ0n) is 15.0. The van der Waals surface area contributed by atoms with Crippen molar-refractivity contribution in [2.75, 3.05) is 19.4 Å². The van der Waals surface area contributed by atoms with Crippen molar-refractivity contribution in [2.45, 2.75) is 17.4 Å². The lowest BCUT2D eigenvalue weighted by molar-refractivity contribution is -0.139. The molecule has 2 aromatic carbocycles. The van der Waals surface area contributed by atoms with Crippen LogP contribution in [0.15, 0.2) is 47.4 Å². The minimum atomic E-state index is -3.56. The van der Waals surface area contributed by atoms with Crippen LogP contribution in [0.4, 0.5) is 4.79 Å². The lowest BCUT2D eigenvalue weighted by Gasteiger charge is -2.36. The van der Waals surface area contributed by atoms with Gasteiger partial charge in [0.05, 0.1) is 10.9 Å². The molecule has 1 heterocycles. The summed E-state index contributed by atoms with van der Waals surface area (Å²) in [5.74, 6) is -1.07. The van der Waals surface area contributed by atoms with Gasteiger partial charge in [-0.05, 0) is 35.7 Å². The van der Waals surface area contributed by atoms with Crippen molar-refractivity contribution in [2.24, 2.45) is 0 Å². The molecule has 0 saturated carbocycles. The average molecular weight is 405 g/mol. The first-order valence-corrected chi connectivity index (χ1v) is 10.3. The van der Waals surface area contributed by atoms with Gasteiger partial charge in [0.2, 0.25) is 0 Å². The summed E-state index contributed by atoms with van der Waals surface area (Å²) < 4.78 is 29.4. The van der Waals surface area contributed by atoms with E-state index in [1.165, 1.54) is 23.1 Å². The van der Waals surface area contributed by atoms with Gasteiger partial charge in [0.25, 0.3) is 0 Å². The normalized spacial score (nSPS) is 16.3. The minimum Gasteiger partial charge on any atom is -0.482 e. The number of carboxylic acid groups (broad SMARTS) is 2. The second-order valence-electron chi connectivity index (χ2n) is 6.48. The smallest absolute Gasteiger partial charge is 0.408 e. The molecular formula is C19H19NO7S. The predicted octanol–water partition coefficient (Wildman–Crippen LogP) is 2.18. The summed E-state index contributed by atoms with van der Waals surface area (Å²) >= 11 is 0. The highest BCUT2D eigenvalue weighted by Gasteiger charge is 2.34. The number of carboxylic acids is 1. The molecule has 1 aliphatic heterocycles. The molecule has 2 N–H and O–H groups in total. The topological polar surface area (TPSA) is 121 Å². The van der Waals surface area contributed by atoms with Crippen molar-refractivity contribution >= 4 is 21.9 Å². The van der Waals surface area contributed by atoms with Gasteiger partial charge in [0.15, 0.2) is 16.4 Å². The molecular weight excluding hydrogens is 386 g/mol. The van der Waals surface area contributed by atoms with Crippen LogP contribution in [-0.2, 0) is 21.1 Å². The Morgan fingerprint density at radius 3 is 2.50 bits per heavy atom. The van der Waals surface area contributed by atoms with E-state index in [0.29, 0.717) is 17.5 Å². The van der Waals surface area contributed by atoms with Gasteiger partial charge in [-0.25, -0.2) is 18.0 Å². The summed E-state index contributed by atoms with van der Waals surface area (Å²) in [6.45, 7) is -0.412. The van der Waals surface area contributed by atoms with Gasteiger partial charge in [0, 0.05) is 18.4 Å². The van der Waals surface area contributed by atoms with Gasteiger partial charge in [-0.15, -0.1) is 0 Å². The molecule has 0 fully saturated rings. The van der Waals surface area contributed by atoms with Crippen LogP contribution in [0.2, 0.25) is 0 Å². The summed E-state index contributed by atoms with van der Waals surface area (Å²) in [6.07, 6.45) is 0.414. The highest BCUT2D eigenvalue weighted by Crippen LogP contribution is 2.40. The van der Waals surface area contributed by atoms with E-state index in [2.05, 4.69) is 0 Å². The lowest BCUT2D eigenvalue weighted by atomic mass is 9.88. The predicted molar refractivity (Wildman–Crippen MR) is 99.4 cm³/mol. The van der Waals surface area contributed by atoms with E-state index in [4.69, 9.17) is 9.84 Å². The molecule has 9 heteroatoms. The second kappa shape index (κ2) is 7.51. The average Bonchev–Trinajstić information content (AvgIpc) is 2.64. The molecule has 3 rings (SSSR count). The standard InChI is InChI=1S/C19H19NO7S/c1-28(25,26)13-6-7-16(27-11-17(21)22)15(10-13)18-14-5-3-2-4-12(14)8-9-20(18)19(23)24/h2-7,10,18H,8-9,11H2,1H3,(H,21,22)(H,23,24). The Morgan fingerprint density at radius 1 is 1.14 bits per heavy atom. The van der Waals surface area contributed by atoms with E-state index >= 15 is 0 Å². The van der Waals surface area contributed by atoms with Gasteiger partial charge in [-0.1, -0.05) is 24.3 Å². The van der Waals surface area contributed by atoms with Gasteiger partial charge >= 0.3 is 12.1 Å². The number of ether oxygens (including phenoxy) is 1. The fourth-order valence-electron chi connectivity index (χ4n) is 3.35. The monoisotopic (exact) mass is 405 g/mol. The summed E-state index contributed by atoms with van der Waals surface area (Å²) in [7, 11) is -3.56. The Kier molecular flexibility index (Phi) is 5.28. The summed E-state index contributed by atoms with van der Waals surface area (Å²) in [5, 5.41) is 18.6. The third-order valence-electron chi connectivity index (χ3n) is 4.58. The minimum absolute atomic E-state index is 0.00133. The quantitative estimate of drug-likeness (QED) is 0.782. The second-order valence-corrected chi connectivity index (χ2v) is 8.50. The molecule has 0 saturated heterocycles. The molecule has 148 valence electrons. The van der Waals surface area contributed by atoms with Crippen LogP contribution in [0.25, 0.3) is 0 Å². The van der Waals surface area contributed by atoms with E-state index < -0.39 is 34.5 Å². The number of hydrogen-bond acceptors (Lipinski definition) is 5. The van der Waals surface area contributed by atoms with Crippen LogP contribution < -0.4 is 4.74 Å². The Bertz CT molecular complexity index is 1030. The molecule has 0 radical (unpaired) electrons. The van der Waals surface area contributed by atoms with Gasteiger partial charge in [-0.3, -0.25) is 4.90 Å². The first-order chi connectivity index (χ1) is 13.2. The number of benzene rings is 2. The summed E-state index contributed by atoms with van der Waals surface area (Å²) in [5.41, 5.74) is 1.94. The molecule has 8 nitrogen and oxygen atoms in total. The number of rotatable bonds is 5. The SMILES string of the molecule is CS(=O)(=O)c1ccc(OCC(=O)O)c(C2c3ccccc3CCN2C(=O)O)c1. The van der Waals surface area contributed by atoms with Crippen LogP contribution >= 0.6 is 0 Å². The van der Waals surface area contributed by atoms with Crippen LogP contribution in [0.1, 0.15) is 22.7 Å². The molecule has 28 heavy (non-hydrogen) atoms. The highest BCUT2D eigenvalue weighted by molar-refractivity contribution is 7.90. The van der Waals surface area contributed by atoms with E-state index in [0.717, 1.165) is 11.8 Å². The number of amides is 1. The Morgan fingerprint density at radius 2 is 1.86 bits per heavy atom. The van der Waals surface area contributed by atoms with Crippen molar-refractivity contribution in [1.29, 1.82) is 0 Å². The number of fused-ring (bicyclic) bond motifs is 1. The van der Waals surface area contributed by atoms with Crippen LogP contribution in [0, 0.1) is 0 Å². The largest absolute Gasteiger partial charge is 0.482 e. The van der Waals surface area contributed by atoms with Crippen molar-refractivity contribution in [3.8, 4) is 5.75 Å². The molecule has 1 amide bonds. The number of carbonyl (C=O) groups is 2. The van der Waals surface area contributed by atoms with Crippen LogP contribution in [-0.4, -0.2) is 55.0 Å². The Hall–Kier alpha value is -3.07. The fourth-order valence-corrected chi connectivity index (χ4v) is 4.01. The van der Waals surface area contributed by atoms with E-state index in [1.807, 2.05) is 12.1 Å². The molecule has 1 aliphatic rings. The summed E-state index contributed by atoms with van der Waals surface area (Å²) in [4.78, 5) is 24.0. The third kappa shape index (κ3) is 3.94. The number of nitrogens with zero attached hydrogens (tertiary/aromatic N) is 1. The van der Waals surface area contributed by atoms with Gasteiger partial charge in [0.1, 0.15) is 5.75 Å². The third-order valence-corrected chi connectivity index (χ3v) is 5.69. The van der Waals surface area contributed by atoms with Crippen LogP contribution in [0.3, 0.4) is 0 Å². The summed E-state index contributed by atoms with van der Waals surface area (Å²) in [6, 6.07) is 10.5. The molecule has 0 aromatic heterocycles. The van der Waals surface area contributed by atoms with Crippen molar-refractivity contribution in [3.05, 3.63) is 59.2 Å². The zero-order valence-corrected chi connectivity index (χ0v) is 15.8. The number of sulfone groups is 1. The number of hydrogen-bond donors (Lipinski definition) is 2. The van der Waals surface area contributed by atoms with E-state index in [9.17, 15) is 23.1 Å². The molecule has 1 unspecified atom stereocenters. The van der Waals surface area contributed by atoms with Gasteiger partial charge < -0.3 is 14.9 Å². The molecule has 0 spiro atoms. The van der Waals surface area contributed by atoms with Gasteiger partial charge in [-0.2, -0.15) is 0 Å². The number of aliphatic carboxylic acids is 1. The Labute approximate surface area is 161 Å². The van der Waals surface area contributed by atoms with Crippen LogP contribution in [0.5, 0.6) is 5.75 Å². The highest BCUT2D eigenvalue weighted by atomic mass is 32.2. The van der Waals surface area contributed by atoms with Crippen molar-refractivity contribution in [3.63, 3.8) is 0 Å². The first-order valence-electron chi connectivity index (χ1n) is 8.44. The first kappa shape index (κ1) is 19.7. The molecule has 1 atom stereocenters. The molecule has 0 aliphatic carbocycles.